The van der Waals surface area contributed by atoms with Crippen molar-refractivity contribution in [2.75, 3.05) is 0 Å². The second kappa shape index (κ2) is 2.77. The minimum atomic E-state index is -0.775. The van der Waals surface area contributed by atoms with Gasteiger partial charge in [0, 0.05) is 6.20 Å². The topological polar surface area (TPSA) is 70.1 Å². The van der Waals surface area contributed by atoms with Gasteiger partial charge in [-0.3, -0.25) is 0 Å². The number of hydrogen-bond acceptors (Lipinski definition) is 3. The molecule has 0 amide bonds. The van der Waals surface area contributed by atoms with E-state index in [9.17, 15) is 10.1 Å². The van der Waals surface area contributed by atoms with Crippen LogP contribution >= 0.6 is 0 Å². The maximum Gasteiger partial charge on any atom is 0.226 e. The molecule has 0 bridgehead atoms. The van der Waals surface area contributed by atoms with E-state index < -0.39 is 5.03 Å². The van der Waals surface area contributed by atoms with Crippen LogP contribution in [0.15, 0.2) is 24.4 Å². The van der Waals surface area contributed by atoms with Crippen LogP contribution in [-0.4, -0.2) is 10.0 Å². The van der Waals surface area contributed by atoms with Crippen LogP contribution in [0.25, 0.3) is 0 Å². The van der Waals surface area contributed by atoms with E-state index in [1.807, 2.05) is 0 Å². The SMILES string of the molecule is O=[N+]([O-])[N]c1ccccn1. The maximum absolute atomic E-state index is 9.77. The Kier molecular flexibility index (Phi) is 1.79. The minimum Gasteiger partial charge on any atom is -0.233 e. The zero-order valence-corrected chi connectivity index (χ0v) is 4.97. The van der Waals surface area contributed by atoms with Gasteiger partial charge in [-0.1, -0.05) is 6.07 Å². The third-order valence-corrected chi connectivity index (χ3v) is 0.833. The summed E-state index contributed by atoms with van der Waals surface area (Å²) in [6.07, 6.45) is 1.45. The summed E-state index contributed by atoms with van der Waals surface area (Å²) in [6.45, 7) is 0. The standard InChI is InChI=1S/C5H4N3O2/c9-8(10)7-5-3-1-2-4-6-5/h1-4H. The molecular formula is C5H4N3O2. The monoisotopic (exact) mass is 138 g/mol. The molecule has 51 valence electrons. The molecule has 1 rings (SSSR count). The van der Waals surface area contributed by atoms with Gasteiger partial charge in [-0.2, -0.15) is 0 Å². The van der Waals surface area contributed by atoms with Gasteiger partial charge in [0.2, 0.25) is 5.82 Å². The predicted octanol–water partition coefficient (Wildman–Crippen LogP) is 0.509. The van der Waals surface area contributed by atoms with E-state index in [0.717, 1.165) is 0 Å². The van der Waals surface area contributed by atoms with Gasteiger partial charge in [0.25, 0.3) is 0 Å². The van der Waals surface area contributed by atoms with Crippen molar-refractivity contribution in [1.29, 1.82) is 0 Å². The molecule has 5 heteroatoms. The molecule has 0 aliphatic carbocycles. The molecule has 10 heavy (non-hydrogen) atoms. The minimum absolute atomic E-state index is 0.118. The zero-order valence-electron chi connectivity index (χ0n) is 4.97. The number of hydrogen-bond donors (Lipinski definition) is 0. The first-order valence-electron chi connectivity index (χ1n) is 2.56. The van der Waals surface area contributed by atoms with Crippen LogP contribution in [0.3, 0.4) is 0 Å². The van der Waals surface area contributed by atoms with Crippen LogP contribution in [-0.2, 0) is 0 Å². The van der Waals surface area contributed by atoms with Crippen molar-refractivity contribution in [3.8, 4) is 0 Å². The fourth-order valence-corrected chi connectivity index (χ4v) is 0.497. The zero-order chi connectivity index (χ0) is 7.40. The highest BCUT2D eigenvalue weighted by atomic mass is 16.7. The summed E-state index contributed by atoms with van der Waals surface area (Å²) in [7, 11) is 0. The smallest absolute Gasteiger partial charge is 0.226 e. The fraction of sp³-hybridized carbons (Fsp3) is 0. The van der Waals surface area contributed by atoms with E-state index >= 15 is 0 Å². The van der Waals surface area contributed by atoms with Crippen molar-refractivity contribution >= 4 is 5.82 Å². The Morgan fingerprint density at radius 3 is 2.90 bits per heavy atom. The lowest BCUT2D eigenvalue weighted by Gasteiger charge is -1.87. The van der Waals surface area contributed by atoms with Crippen LogP contribution in [0.2, 0.25) is 0 Å². The van der Waals surface area contributed by atoms with Gasteiger partial charge < -0.3 is 0 Å². The second-order valence-corrected chi connectivity index (χ2v) is 1.53. The van der Waals surface area contributed by atoms with Crippen molar-refractivity contribution in [1.82, 2.24) is 10.4 Å². The molecule has 1 aromatic rings. The van der Waals surface area contributed by atoms with Gasteiger partial charge in [-0.05, 0) is 12.1 Å². The van der Waals surface area contributed by atoms with Crippen molar-refractivity contribution in [2.45, 2.75) is 0 Å². The van der Waals surface area contributed by atoms with Crippen LogP contribution in [0.4, 0.5) is 5.82 Å². The van der Waals surface area contributed by atoms with E-state index in [1.54, 1.807) is 12.1 Å². The first-order chi connectivity index (χ1) is 4.79. The van der Waals surface area contributed by atoms with Crippen LogP contribution in [0.5, 0.6) is 0 Å². The highest BCUT2D eigenvalue weighted by molar-refractivity contribution is 5.21. The van der Waals surface area contributed by atoms with Gasteiger partial charge in [0.05, 0.1) is 5.43 Å². The summed E-state index contributed by atoms with van der Waals surface area (Å²) in [5.41, 5.74) is 2.97. The number of pyridine rings is 1. The number of aromatic nitrogens is 1. The average Bonchev–Trinajstić information content (AvgIpc) is 1.88. The summed E-state index contributed by atoms with van der Waals surface area (Å²) < 4.78 is 0. The van der Waals surface area contributed by atoms with Crippen LogP contribution < -0.4 is 5.43 Å². The molecule has 0 aromatic carbocycles. The van der Waals surface area contributed by atoms with E-state index in [2.05, 4.69) is 10.4 Å². The highest BCUT2D eigenvalue weighted by Crippen LogP contribution is 1.98. The summed E-state index contributed by atoms with van der Waals surface area (Å²) >= 11 is 0. The summed E-state index contributed by atoms with van der Waals surface area (Å²) in [5.74, 6) is 0.118. The first-order valence-corrected chi connectivity index (χ1v) is 2.56. The third kappa shape index (κ3) is 1.70. The lowest BCUT2D eigenvalue weighted by atomic mass is 10.5. The van der Waals surface area contributed by atoms with Crippen molar-refractivity contribution in [3.63, 3.8) is 0 Å². The van der Waals surface area contributed by atoms with Gasteiger partial charge in [-0.25, -0.2) is 15.1 Å². The molecular weight excluding hydrogens is 134 g/mol. The second-order valence-electron chi connectivity index (χ2n) is 1.53. The van der Waals surface area contributed by atoms with Crippen molar-refractivity contribution < 1.29 is 5.03 Å². The lowest BCUT2D eigenvalue weighted by Crippen LogP contribution is -2.07. The van der Waals surface area contributed by atoms with Gasteiger partial charge in [-0.15, -0.1) is 0 Å². The molecule has 1 aromatic heterocycles. The van der Waals surface area contributed by atoms with E-state index in [4.69, 9.17) is 0 Å². The van der Waals surface area contributed by atoms with Crippen molar-refractivity contribution in [2.24, 2.45) is 0 Å². The summed E-state index contributed by atoms with van der Waals surface area (Å²) in [4.78, 5) is 13.4. The Balaban J connectivity index is 2.67. The molecule has 1 radical (unpaired) electrons. The normalized spacial score (nSPS) is 8.80. The van der Waals surface area contributed by atoms with Gasteiger partial charge in [0.1, 0.15) is 0 Å². The molecule has 0 fully saturated rings. The van der Waals surface area contributed by atoms with Gasteiger partial charge in [0.15, 0.2) is 5.03 Å². The molecule has 0 saturated carbocycles. The highest BCUT2D eigenvalue weighted by Gasteiger charge is 2.01. The molecule has 0 N–H and O–H groups in total. The van der Waals surface area contributed by atoms with Gasteiger partial charge >= 0.3 is 0 Å². The Labute approximate surface area is 56.8 Å². The number of nitro groups is 1. The van der Waals surface area contributed by atoms with E-state index in [0.29, 0.717) is 0 Å². The Hall–Kier alpha value is -1.65. The maximum atomic E-state index is 9.77. The van der Waals surface area contributed by atoms with E-state index in [1.165, 1.54) is 12.3 Å². The molecule has 5 nitrogen and oxygen atoms in total. The predicted molar refractivity (Wildman–Crippen MR) is 33.0 cm³/mol. The quantitative estimate of drug-likeness (QED) is 0.441. The van der Waals surface area contributed by atoms with Crippen LogP contribution in [0.1, 0.15) is 0 Å². The molecule has 1 heterocycles. The van der Waals surface area contributed by atoms with Crippen molar-refractivity contribution in [3.05, 3.63) is 34.5 Å². The third-order valence-electron chi connectivity index (χ3n) is 0.833. The molecule has 0 saturated heterocycles. The summed E-state index contributed by atoms with van der Waals surface area (Å²) in [6, 6.07) is 4.76. The Morgan fingerprint density at radius 2 is 2.40 bits per heavy atom. The molecule has 0 unspecified atom stereocenters. The Bertz CT molecular complexity index is 224. The largest absolute Gasteiger partial charge is 0.233 e. The molecule has 0 aliphatic heterocycles. The van der Waals surface area contributed by atoms with E-state index in [-0.39, 0.29) is 5.82 Å². The average molecular weight is 138 g/mol. The molecule has 0 aliphatic rings. The molecule has 0 spiro atoms. The fourth-order valence-electron chi connectivity index (χ4n) is 0.497. The Morgan fingerprint density at radius 1 is 1.60 bits per heavy atom. The summed E-state index contributed by atoms with van der Waals surface area (Å²) in [5, 5.41) is 8.99. The first kappa shape index (κ1) is 6.47. The molecule has 0 atom stereocenters. The lowest BCUT2D eigenvalue weighted by molar-refractivity contribution is -0.535. The number of nitrogens with zero attached hydrogens (tertiary/aromatic N) is 3. The number of rotatable bonds is 2. The van der Waals surface area contributed by atoms with Crippen LogP contribution in [0, 0.1) is 10.1 Å².